The molecule has 0 N–H and O–H groups in total. The Morgan fingerprint density at radius 1 is 0.684 bits per heavy atom. The van der Waals surface area contributed by atoms with Crippen LogP contribution in [0, 0.1) is 0 Å². The van der Waals surface area contributed by atoms with Crippen molar-refractivity contribution in [3.63, 3.8) is 0 Å². The van der Waals surface area contributed by atoms with Gasteiger partial charge in [-0.05, 0) is 48.4 Å². The largest absolute Gasteiger partial charge is 0.459 e. The van der Waals surface area contributed by atoms with Gasteiger partial charge in [0.2, 0.25) is 0 Å². The maximum Gasteiger partial charge on any atom is 0.289 e. The van der Waals surface area contributed by atoms with E-state index in [4.69, 9.17) is 4.42 Å². The van der Waals surface area contributed by atoms with E-state index in [2.05, 4.69) is 47.4 Å². The predicted octanol–water partition coefficient (Wildman–Crippen LogP) is 5.92. The van der Waals surface area contributed by atoms with Crippen molar-refractivity contribution in [2.75, 3.05) is 32.7 Å². The van der Waals surface area contributed by atoms with Crippen molar-refractivity contribution >= 4 is 38.4 Å². The van der Waals surface area contributed by atoms with Gasteiger partial charge >= 0.3 is 0 Å². The van der Waals surface area contributed by atoms with Crippen LogP contribution >= 0.6 is 0 Å². The van der Waals surface area contributed by atoms with Gasteiger partial charge in [0.05, 0.1) is 11.8 Å². The molecule has 3 aromatic carbocycles. The number of benzene rings is 3. The van der Waals surface area contributed by atoms with Gasteiger partial charge in [-0.1, -0.05) is 67.4 Å². The number of furan rings is 1. The number of amides is 1. The molecule has 1 aliphatic rings. The van der Waals surface area contributed by atoms with Crippen molar-refractivity contribution in [1.29, 1.82) is 0 Å². The Balaban J connectivity index is 1.07. The number of hydrogen-bond acceptors (Lipinski definition) is 4. The number of carbonyl (C=O) groups is 1. The van der Waals surface area contributed by atoms with E-state index in [1.807, 2.05) is 27.7 Å². The maximum absolute atomic E-state index is 13.6. The highest BCUT2D eigenvalue weighted by Crippen LogP contribution is 2.29. The van der Waals surface area contributed by atoms with Gasteiger partial charge in [0.15, 0.2) is 5.76 Å². The van der Waals surface area contributed by atoms with Crippen LogP contribution < -0.4 is 5.56 Å². The van der Waals surface area contributed by atoms with Gasteiger partial charge in [0.25, 0.3) is 11.5 Å². The Kier molecular flexibility index (Phi) is 6.97. The lowest BCUT2D eigenvalue weighted by Crippen LogP contribution is -2.48. The second-order valence-corrected chi connectivity index (χ2v) is 10.2. The number of nitrogens with zero attached hydrogens (tertiary/aromatic N) is 3. The highest BCUT2D eigenvalue weighted by molar-refractivity contribution is 6.15. The maximum atomic E-state index is 13.6. The van der Waals surface area contributed by atoms with Crippen molar-refractivity contribution in [3.05, 3.63) is 95.2 Å². The summed E-state index contributed by atoms with van der Waals surface area (Å²) in [6.07, 6.45) is 5.87. The van der Waals surface area contributed by atoms with Crippen LogP contribution in [0.2, 0.25) is 0 Å². The summed E-state index contributed by atoms with van der Waals surface area (Å²) in [7, 11) is 0. The molecule has 0 saturated carbocycles. The Morgan fingerprint density at radius 2 is 1.39 bits per heavy atom. The molecule has 5 aromatic rings. The molecule has 3 heterocycles. The molecule has 1 saturated heterocycles. The summed E-state index contributed by atoms with van der Waals surface area (Å²) in [6, 6.07) is 24.1. The third kappa shape index (κ3) is 4.72. The van der Waals surface area contributed by atoms with Crippen LogP contribution in [-0.2, 0) is 6.54 Å². The first-order chi connectivity index (χ1) is 18.7. The summed E-state index contributed by atoms with van der Waals surface area (Å²) in [5.41, 5.74) is 1.15. The summed E-state index contributed by atoms with van der Waals surface area (Å²) in [6.45, 7) is 5.06. The van der Waals surface area contributed by atoms with Crippen molar-refractivity contribution < 1.29 is 9.21 Å². The van der Waals surface area contributed by atoms with Crippen molar-refractivity contribution in [1.82, 2.24) is 14.4 Å². The van der Waals surface area contributed by atoms with Crippen LogP contribution in [0.5, 0.6) is 0 Å². The van der Waals surface area contributed by atoms with E-state index in [-0.39, 0.29) is 11.5 Å². The SMILES string of the molecule is O=C(c1ccco1)N1CCN(CCCCCCn2c(=O)c3ccccc3c3ccc4ccccc4c32)CC1. The Morgan fingerprint density at radius 3 is 2.16 bits per heavy atom. The smallest absolute Gasteiger partial charge is 0.289 e. The van der Waals surface area contributed by atoms with Crippen LogP contribution in [0.15, 0.2) is 88.3 Å². The lowest BCUT2D eigenvalue weighted by atomic mass is 10.0. The number of piperazine rings is 1. The zero-order valence-corrected chi connectivity index (χ0v) is 21.6. The number of rotatable bonds is 8. The molecule has 1 fully saturated rings. The molecule has 6 heteroatoms. The van der Waals surface area contributed by atoms with E-state index in [1.165, 1.54) is 0 Å². The van der Waals surface area contributed by atoms with E-state index in [0.717, 1.165) is 97.4 Å². The minimum atomic E-state index is -0.0149. The van der Waals surface area contributed by atoms with Gasteiger partial charge in [-0.25, -0.2) is 0 Å². The summed E-state index contributed by atoms with van der Waals surface area (Å²) < 4.78 is 7.27. The molecule has 0 unspecified atom stereocenters. The van der Waals surface area contributed by atoms with Gasteiger partial charge in [0, 0.05) is 48.9 Å². The van der Waals surface area contributed by atoms with Crippen molar-refractivity contribution in [2.45, 2.75) is 32.2 Å². The molecular formula is C32H33N3O3. The normalized spacial score (nSPS) is 14.6. The third-order valence-corrected chi connectivity index (χ3v) is 7.86. The van der Waals surface area contributed by atoms with E-state index in [0.29, 0.717) is 5.76 Å². The fourth-order valence-corrected chi connectivity index (χ4v) is 5.82. The standard InChI is InChI=1S/C32H33N3O3/c36-31-28-13-6-5-12-26(28)27-16-15-24-10-3-4-11-25(24)30(27)35(31)18-8-2-1-7-17-33-19-21-34(22-20-33)32(37)29-14-9-23-38-29/h3-6,9-16,23H,1-2,7-8,17-22H2. The van der Waals surface area contributed by atoms with Crippen LogP contribution in [0.4, 0.5) is 0 Å². The predicted molar refractivity (Wildman–Crippen MR) is 153 cm³/mol. The molecule has 1 amide bonds. The average molecular weight is 508 g/mol. The molecular weight excluding hydrogens is 474 g/mol. The minimum Gasteiger partial charge on any atom is -0.459 e. The zero-order chi connectivity index (χ0) is 25.9. The first-order valence-corrected chi connectivity index (χ1v) is 13.7. The molecule has 6 rings (SSSR count). The highest BCUT2D eigenvalue weighted by Gasteiger charge is 2.23. The number of pyridine rings is 1. The van der Waals surface area contributed by atoms with E-state index >= 15 is 0 Å². The molecule has 6 nitrogen and oxygen atoms in total. The number of fused-ring (bicyclic) bond motifs is 5. The molecule has 2 aromatic heterocycles. The summed E-state index contributed by atoms with van der Waals surface area (Å²) >= 11 is 0. The summed E-state index contributed by atoms with van der Waals surface area (Å²) in [5.74, 6) is 0.406. The molecule has 0 atom stereocenters. The van der Waals surface area contributed by atoms with Gasteiger partial charge in [0.1, 0.15) is 0 Å². The fraction of sp³-hybridized carbons (Fsp3) is 0.312. The highest BCUT2D eigenvalue weighted by atomic mass is 16.3. The monoisotopic (exact) mass is 507 g/mol. The van der Waals surface area contributed by atoms with Crippen LogP contribution in [0.25, 0.3) is 32.4 Å². The van der Waals surface area contributed by atoms with Crippen LogP contribution in [0.3, 0.4) is 0 Å². The molecule has 0 spiro atoms. The van der Waals surface area contributed by atoms with Gasteiger partial charge in [-0.15, -0.1) is 0 Å². The summed E-state index contributed by atoms with van der Waals surface area (Å²) in [4.78, 5) is 30.4. The second kappa shape index (κ2) is 10.8. The average Bonchev–Trinajstić information content (AvgIpc) is 3.51. The molecule has 1 aliphatic heterocycles. The minimum absolute atomic E-state index is 0.0149. The number of aromatic nitrogens is 1. The molecule has 0 radical (unpaired) electrons. The topological polar surface area (TPSA) is 58.7 Å². The number of hydrogen-bond donors (Lipinski definition) is 0. The lowest BCUT2D eigenvalue weighted by molar-refractivity contribution is 0.0604. The van der Waals surface area contributed by atoms with Gasteiger partial charge in [-0.3, -0.25) is 14.5 Å². The van der Waals surface area contributed by atoms with Crippen molar-refractivity contribution in [3.8, 4) is 0 Å². The van der Waals surface area contributed by atoms with Crippen molar-refractivity contribution in [2.24, 2.45) is 0 Å². The first kappa shape index (κ1) is 24.4. The quantitative estimate of drug-likeness (QED) is 0.193. The Hall–Kier alpha value is -3.90. The van der Waals surface area contributed by atoms with E-state index in [1.54, 1.807) is 18.4 Å². The molecule has 194 valence electrons. The van der Waals surface area contributed by atoms with E-state index in [9.17, 15) is 9.59 Å². The lowest BCUT2D eigenvalue weighted by Gasteiger charge is -2.34. The molecule has 38 heavy (non-hydrogen) atoms. The van der Waals surface area contributed by atoms with Gasteiger partial charge in [-0.2, -0.15) is 0 Å². The van der Waals surface area contributed by atoms with Crippen LogP contribution in [-0.4, -0.2) is 53.0 Å². The van der Waals surface area contributed by atoms with E-state index < -0.39 is 0 Å². The summed E-state index contributed by atoms with van der Waals surface area (Å²) in [5, 5.41) is 5.26. The molecule has 0 aliphatic carbocycles. The molecule has 0 bridgehead atoms. The second-order valence-electron chi connectivity index (χ2n) is 10.2. The fourth-order valence-electron chi connectivity index (χ4n) is 5.82. The Labute approximate surface area is 222 Å². The van der Waals surface area contributed by atoms with Crippen LogP contribution in [0.1, 0.15) is 36.2 Å². The number of carbonyl (C=O) groups excluding carboxylic acids is 1. The number of aryl methyl sites for hydroxylation is 1. The first-order valence-electron chi connectivity index (χ1n) is 13.7. The third-order valence-electron chi connectivity index (χ3n) is 7.86. The zero-order valence-electron chi connectivity index (χ0n) is 21.6. The van der Waals surface area contributed by atoms with Gasteiger partial charge < -0.3 is 13.9 Å². The number of unbranched alkanes of at least 4 members (excludes halogenated alkanes) is 3. The Bertz CT molecular complexity index is 1630.